The normalized spacial score (nSPS) is 13.9. The summed E-state index contributed by atoms with van der Waals surface area (Å²) in [5, 5.41) is 0.428. The summed E-state index contributed by atoms with van der Waals surface area (Å²) in [7, 11) is 1.32. The predicted octanol–water partition coefficient (Wildman–Crippen LogP) is 2.97. The van der Waals surface area contributed by atoms with Gasteiger partial charge >= 0.3 is 5.97 Å². The third-order valence-corrected chi connectivity index (χ3v) is 5.00. The number of halogens is 1. The summed E-state index contributed by atoms with van der Waals surface area (Å²) >= 11 is 0. The number of hydrogen-bond acceptors (Lipinski definition) is 5. The van der Waals surface area contributed by atoms with Gasteiger partial charge < -0.3 is 9.64 Å². The van der Waals surface area contributed by atoms with Crippen molar-refractivity contribution in [3.8, 4) is 0 Å². The van der Waals surface area contributed by atoms with Crippen LogP contribution in [0.5, 0.6) is 0 Å². The van der Waals surface area contributed by atoms with E-state index in [2.05, 4.69) is 4.90 Å². The summed E-state index contributed by atoms with van der Waals surface area (Å²) in [4.78, 5) is 31.9. The summed E-state index contributed by atoms with van der Waals surface area (Å²) in [5.41, 5.74) is 1.44. The lowest BCUT2D eigenvalue weighted by Crippen LogP contribution is -2.31. The molecule has 0 unspecified atom stereocenters. The number of anilines is 1. The Bertz CT molecular complexity index is 1090. The number of carbonyl (C=O) groups excluding carboxylic acids is 1. The smallest absolute Gasteiger partial charge is 0.337 e. The first kappa shape index (κ1) is 18.2. The Morgan fingerprint density at radius 2 is 1.86 bits per heavy atom. The third kappa shape index (κ3) is 3.35. The average molecular weight is 381 g/mol. The Hall–Kier alpha value is -3.22. The van der Waals surface area contributed by atoms with Crippen LogP contribution in [0.2, 0.25) is 0 Å². The monoisotopic (exact) mass is 381 g/mol. The van der Waals surface area contributed by atoms with Crippen LogP contribution in [-0.4, -0.2) is 35.7 Å². The summed E-state index contributed by atoms with van der Waals surface area (Å²) in [6.07, 6.45) is 2.07. The van der Waals surface area contributed by atoms with E-state index in [1.807, 2.05) is 0 Å². The lowest BCUT2D eigenvalue weighted by Gasteiger charge is -2.22. The van der Waals surface area contributed by atoms with Gasteiger partial charge in [-0.1, -0.05) is 12.1 Å². The molecule has 1 fully saturated rings. The van der Waals surface area contributed by atoms with Crippen LogP contribution in [0, 0.1) is 5.82 Å². The maximum atomic E-state index is 13.2. The molecule has 0 spiro atoms. The zero-order valence-corrected chi connectivity index (χ0v) is 15.5. The molecule has 1 aliphatic heterocycles. The highest BCUT2D eigenvalue weighted by atomic mass is 19.1. The van der Waals surface area contributed by atoms with E-state index in [9.17, 15) is 14.0 Å². The van der Waals surface area contributed by atoms with Gasteiger partial charge in [-0.3, -0.25) is 9.36 Å². The average Bonchev–Trinajstić information content (AvgIpc) is 3.25. The summed E-state index contributed by atoms with van der Waals surface area (Å²) in [5.74, 6) is -0.217. The fourth-order valence-electron chi connectivity index (χ4n) is 3.53. The molecule has 0 atom stereocenters. The number of benzene rings is 2. The molecule has 2 heterocycles. The molecule has 0 amide bonds. The summed E-state index contributed by atoms with van der Waals surface area (Å²) in [6, 6.07) is 10.9. The van der Waals surface area contributed by atoms with E-state index < -0.39 is 5.97 Å². The highest BCUT2D eigenvalue weighted by Crippen LogP contribution is 2.22. The number of carbonyl (C=O) groups is 1. The standard InChI is InChI=1S/C21H20FN3O3/c1-28-20(27)15-6-9-17-18(12-15)23-21(24-10-2-3-11-24)25(19(17)26)13-14-4-7-16(22)8-5-14/h4-9,12H,2-3,10-11,13H2,1H3. The van der Waals surface area contributed by atoms with Gasteiger partial charge in [-0.25, -0.2) is 14.2 Å². The molecule has 2 aromatic carbocycles. The van der Waals surface area contributed by atoms with Crippen molar-refractivity contribution in [2.24, 2.45) is 0 Å². The zero-order valence-electron chi connectivity index (χ0n) is 15.5. The van der Waals surface area contributed by atoms with E-state index in [0.717, 1.165) is 31.5 Å². The molecule has 0 N–H and O–H groups in total. The minimum absolute atomic E-state index is 0.187. The molecule has 0 aliphatic carbocycles. The number of ether oxygens (including phenoxy) is 1. The van der Waals surface area contributed by atoms with Crippen molar-refractivity contribution in [2.45, 2.75) is 19.4 Å². The van der Waals surface area contributed by atoms with Crippen molar-refractivity contribution in [3.05, 3.63) is 69.8 Å². The van der Waals surface area contributed by atoms with Gasteiger partial charge in [0, 0.05) is 13.1 Å². The fraction of sp³-hybridized carbons (Fsp3) is 0.286. The molecule has 3 aromatic rings. The van der Waals surface area contributed by atoms with E-state index in [1.54, 1.807) is 34.9 Å². The fourth-order valence-corrected chi connectivity index (χ4v) is 3.53. The molecular formula is C21H20FN3O3. The maximum absolute atomic E-state index is 13.2. The number of rotatable bonds is 4. The van der Waals surface area contributed by atoms with Crippen LogP contribution in [0.1, 0.15) is 28.8 Å². The van der Waals surface area contributed by atoms with Gasteiger partial charge in [0.2, 0.25) is 5.95 Å². The topological polar surface area (TPSA) is 64.4 Å². The molecule has 0 radical (unpaired) electrons. The summed E-state index contributed by atoms with van der Waals surface area (Å²) < 4.78 is 19.6. The van der Waals surface area contributed by atoms with Crippen LogP contribution in [-0.2, 0) is 11.3 Å². The highest BCUT2D eigenvalue weighted by molar-refractivity contribution is 5.94. The Kier molecular flexibility index (Phi) is 4.81. The first-order chi connectivity index (χ1) is 13.6. The molecule has 1 aliphatic rings. The van der Waals surface area contributed by atoms with Crippen molar-refractivity contribution < 1.29 is 13.9 Å². The van der Waals surface area contributed by atoms with E-state index >= 15 is 0 Å². The number of hydrogen-bond donors (Lipinski definition) is 0. The van der Waals surface area contributed by atoms with Crippen molar-refractivity contribution in [2.75, 3.05) is 25.1 Å². The molecule has 28 heavy (non-hydrogen) atoms. The van der Waals surface area contributed by atoms with Gasteiger partial charge in [0.15, 0.2) is 0 Å². The first-order valence-corrected chi connectivity index (χ1v) is 9.19. The second kappa shape index (κ2) is 7.42. The molecule has 4 rings (SSSR count). The molecule has 1 aromatic heterocycles. The lowest BCUT2D eigenvalue weighted by atomic mass is 10.1. The van der Waals surface area contributed by atoms with Crippen LogP contribution in [0.3, 0.4) is 0 Å². The van der Waals surface area contributed by atoms with Crippen LogP contribution >= 0.6 is 0 Å². The molecule has 144 valence electrons. The molecule has 7 heteroatoms. The van der Waals surface area contributed by atoms with E-state index in [-0.39, 0.29) is 11.4 Å². The minimum Gasteiger partial charge on any atom is -0.465 e. The Morgan fingerprint density at radius 1 is 1.14 bits per heavy atom. The second-order valence-electron chi connectivity index (χ2n) is 6.85. The highest BCUT2D eigenvalue weighted by Gasteiger charge is 2.21. The van der Waals surface area contributed by atoms with Crippen molar-refractivity contribution in [3.63, 3.8) is 0 Å². The molecule has 1 saturated heterocycles. The maximum Gasteiger partial charge on any atom is 0.337 e. The van der Waals surface area contributed by atoms with Crippen molar-refractivity contribution in [1.29, 1.82) is 0 Å². The van der Waals surface area contributed by atoms with E-state index in [4.69, 9.17) is 9.72 Å². The van der Waals surface area contributed by atoms with Crippen molar-refractivity contribution in [1.82, 2.24) is 9.55 Å². The van der Waals surface area contributed by atoms with Gasteiger partial charge in [0.1, 0.15) is 5.82 Å². The number of esters is 1. The Morgan fingerprint density at radius 3 is 2.54 bits per heavy atom. The number of methoxy groups -OCH3 is 1. The first-order valence-electron chi connectivity index (χ1n) is 9.19. The number of nitrogens with zero attached hydrogens (tertiary/aromatic N) is 3. The van der Waals surface area contributed by atoms with Gasteiger partial charge in [-0.2, -0.15) is 0 Å². The van der Waals surface area contributed by atoms with Crippen LogP contribution in [0.25, 0.3) is 10.9 Å². The van der Waals surface area contributed by atoms with Gasteiger partial charge in [0.05, 0.1) is 30.1 Å². The zero-order chi connectivity index (χ0) is 19.7. The van der Waals surface area contributed by atoms with Crippen LogP contribution in [0.4, 0.5) is 10.3 Å². The predicted molar refractivity (Wildman–Crippen MR) is 104 cm³/mol. The van der Waals surface area contributed by atoms with Crippen LogP contribution in [0.15, 0.2) is 47.3 Å². The second-order valence-corrected chi connectivity index (χ2v) is 6.85. The Labute approximate surface area is 161 Å². The molecule has 0 saturated carbocycles. The van der Waals surface area contributed by atoms with Crippen molar-refractivity contribution >= 4 is 22.8 Å². The molecular weight excluding hydrogens is 361 g/mol. The number of aromatic nitrogens is 2. The van der Waals surface area contributed by atoms with E-state index in [0.29, 0.717) is 29.0 Å². The Balaban J connectivity index is 1.87. The summed E-state index contributed by atoms with van der Waals surface area (Å²) in [6.45, 7) is 1.93. The minimum atomic E-state index is -0.470. The van der Waals surface area contributed by atoms with E-state index in [1.165, 1.54) is 19.2 Å². The van der Waals surface area contributed by atoms with Gasteiger partial charge in [0.25, 0.3) is 5.56 Å². The quantitative estimate of drug-likeness (QED) is 0.650. The number of fused-ring (bicyclic) bond motifs is 1. The third-order valence-electron chi connectivity index (χ3n) is 5.00. The molecule has 0 bridgehead atoms. The molecule has 6 nitrogen and oxygen atoms in total. The van der Waals surface area contributed by atoms with Gasteiger partial charge in [-0.05, 0) is 48.7 Å². The SMILES string of the molecule is COC(=O)c1ccc2c(=O)n(Cc3ccc(F)cc3)c(N3CCCC3)nc2c1. The van der Waals surface area contributed by atoms with Crippen LogP contribution < -0.4 is 10.5 Å². The van der Waals surface area contributed by atoms with Gasteiger partial charge in [-0.15, -0.1) is 0 Å². The largest absolute Gasteiger partial charge is 0.465 e. The lowest BCUT2D eigenvalue weighted by molar-refractivity contribution is 0.0601.